The normalized spacial score (nSPS) is 10.3. The van der Waals surface area contributed by atoms with Crippen molar-refractivity contribution in [1.82, 2.24) is 0 Å². The molecule has 4 heteroatoms. The Morgan fingerprint density at radius 3 is 2.00 bits per heavy atom. The van der Waals surface area contributed by atoms with Crippen molar-refractivity contribution in [2.45, 2.75) is 13.3 Å². The quantitative estimate of drug-likeness (QED) is 0.498. The van der Waals surface area contributed by atoms with Gasteiger partial charge in [-0.1, -0.05) is 54.6 Å². The minimum absolute atomic E-state index is 0.0903. The molecule has 0 saturated heterocycles. The standard InChI is InChI=1S/C24H24O4/c1-2-26-24(25)18-28-23-14-12-22(13-15-23)27-17-16-19-8-10-21(11-9-19)20-6-4-3-5-7-20/h3-15H,2,16-18H2,1H3. The summed E-state index contributed by atoms with van der Waals surface area (Å²) in [6.07, 6.45) is 0.830. The van der Waals surface area contributed by atoms with Crippen LogP contribution in [0.25, 0.3) is 11.1 Å². The molecule has 0 radical (unpaired) electrons. The monoisotopic (exact) mass is 376 g/mol. The van der Waals surface area contributed by atoms with E-state index < -0.39 is 0 Å². The molecule has 0 aromatic heterocycles. The highest BCUT2D eigenvalue weighted by Gasteiger charge is 2.03. The van der Waals surface area contributed by atoms with E-state index in [1.807, 2.05) is 30.3 Å². The minimum atomic E-state index is -0.374. The molecule has 28 heavy (non-hydrogen) atoms. The molecule has 0 fully saturated rings. The molecule has 0 spiro atoms. The zero-order valence-corrected chi connectivity index (χ0v) is 16.0. The van der Waals surface area contributed by atoms with Crippen LogP contribution in [0.15, 0.2) is 78.9 Å². The van der Waals surface area contributed by atoms with Crippen molar-refractivity contribution in [3.8, 4) is 22.6 Å². The molecule has 144 valence electrons. The molecule has 0 aliphatic rings. The van der Waals surface area contributed by atoms with E-state index in [0.717, 1.165) is 12.2 Å². The molecule has 0 amide bonds. The van der Waals surface area contributed by atoms with Crippen molar-refractivity contribution in [1.29, 1.82) is 0 Å². The van der Waals surface area contributed by atoms with Crippen LogP contribution in [0.5, 0.6) is 11.5 Å². The van der Waals surface area contributed by atoms with Crippen molar-refractivity contribution in [2.75, 3.05) is 19.8 Å². The zero-order chi connectivity index (χ0) is 19.6. The number of carbonyl (C=O) groups is 1. The molecule has 0 heterocycles. The lowest BCUT2D eigenvalue weighted by molar-refractivity contribution is -0.145. The molecule has 3 aromatic rings. The lowest BCUT2D eigenvalue weighted by Gasteiger charge is -2.09. The molecule has 4 nitrogen and oxygen atoms in total. The van der Waals surface area contributed by atoms with Crippen LogP contribution < -0.4 is 9.47 Å². The Morgan fingerprint density at radius 1 is 0.750 bits per heavy atom. The summed E-state index contributed by atoms with van der Waals surface area (Å²) >= 11 is 0. The van der Waals surface area contributed by atoms with Gasteiger partial charge in [-0.15, -0.1) is 0 Å². The lowest BCUT2D eigenvalue weighted by Crippen LogP contribution is -2.14. The molecule has 0 saturated carbocycles. The summed E-state index contributed by atoms with van der Waals surface area (Å²) < 4.78 is 16.0. The second kappa shape index (κ2) is 10.2. The van der Waals surface area contributed by atoms with E-state index in [4.69, 9.17) is 14.2 Å². The maximum atomic E-state index is 11.3. The van der Waals surface area contributed by atoms with Gasteiger partial charge in [0.15, 0.2) is 6.61 Å². The third-order valence-corrected chi connectivity index (χ3v) is 4.21. The summed E-state index contributed by atoms with van der Waals surface area (Å²) in [6, 6.07) is 26.1. The van der Waals surface area contributed by atoms with Gasteiger partial charge in [0.2, 0.25) is 0 Å². The minimum Gasteiger partial charge on any atom is -0.493 e. The van der Waals surface area contributed by atoms with Crippen LogP contribution in [0, 0.1) is 0 Å². The Balaban J connectivity index is 1.44. The maximum absolute atomic E-state index is 11.3. The Labute approximate surface area is 165 Å². The van der Waals surface area contributed by atoms with Crippen LogP contribution in [0.2, 0.25) is 0 Å². The third kappa shape index (κ3) is 5.88. The Hall–Kier alpha value is -3.27. The van der Waals surface area contributed by atoms with Gasteiger partial charge < -0.3 is 14.2 Å². The van der Waals surface area contributed by atoms with E-state index in [2.05, 4.69) is 36.4 Å². The van der Waals surface area contributed by atoms with E-state index in [1.165, 1.54) is 16.7 Å². The van der Waals surface area contributed by atoms with Gasteiger partial charge in [-0.2, -0.15) is 0 Å². The van der Waals surface area contributed by atoms with Gasteiger partial charge in [-0.05, 0) is 47.9 Å². The molecule has 3 aromatic carbocycles. The van der Waals surface area contributed by atoms with Gasteiger partial charge >= 0.3 is 5.97 Å². The lowest BCUT2D eigenvalue weighted by atomic mass is 10.0. The Bertz CT molecular complexity index is 855. The number of carbonyl (C=O) groups excluding carboxylic acids is 1. The third-order valence-electron chi connectivity index (χ3n) is 4.21. The number of benzene rings is 3. The molecule has 0 bridgehead atoms. The average Bonchev–Trinajstić information content (AvgIpc) is 2.74. The SMILES string of the molecule is CCOC(=O)COc1ccc(OCCc2ccc(-c3ccccc3)cc2)cc1. The van der Waals surface area contributed by atoms with Crippen molar-refractivity contribution in [3.05, 3.63) is 84.4 Å². The smallest absolute Gasteiger partial charge is 0.344 e. The van der Waals surface area contributed by atoms with E-state index in [9.17, 15) is 4.79 Å². The van der Waals surface area contributed by atoms with E-state index in [1.54, 1.807) is 19.1 Å². The van der Waals surface area contributed by atoms with Crippen molar-refractivity contribution in [3.63, 3.8) is 0 Å². The van der Waals surface area contributed by atoms with Crippen LogP contribution in [-0.4, -0.2) is 25.8 Å². The first-order chi connectivity index (χ1) is 13.7. The van der Waals surface area contributed by atoms with E-state index >= 15 is 0 Å². The summed E-state index contributed by atoms with van der Waals surface area (Å²) in [6.45, 7) is 2.62. The average molecular weight is 376 g/mol. The van der Waals surface area contributed by atoms with Crippen molar-refractivity contribution >= 4 is 5.97 Å². The van der Waals surface area contributed by atoms with Crippen LogP contribution in [0.4, 0.5) is 0 Å². The van der Waals surface area contributed by atoms with Gasteiger partial charge in [0, 0.05) is 6.42 Å². The molecule has 0 aliphatic heterocycles. The van der Waals surface area contributed by atoms with E-state index in [0.29, 0.717) is 19.0 Å². The van der Waals surface area contributed by atoms with Gasteiger partial charge in [0.05, 0.1) is 13.2 Å². The fourth-order valence-corrected chi connectivity index (χ4v) is 2.76. The van der Waals surface area contributed by atoms with Crippen molar-refractivity contribution < 1.29 is 19.0 Å². The fourth-order valence-electron chi connectivity index (χ4n) is 2.76. The fraction of sp³-hybridized carbons (Fsp3) is 0.208. The second-order valence-corrected chi connectivity index (χ2v) is 6.23. The van der Waals surface area contributed by atoms with Gasteiger partial charge in [-0.3, -0.25) is 0 Å². The summed E-state index contributed by atoms with van der Waals surface area (Å²) in [5.41, 5.74) is 3.66. The predicted molar refractivity (Wildman–Crippen MR) is 110 cm³/mol. The number of rotatable bonds is 9. The van der Waals surface area contributed by atoms with Gasteiger partial charge in [0.1, 0.15) is 11.5 Å². The van der Waals surface area contributed by atoms with Crippen LogP contribution in [0.1, 0.15) is 12.5 Å². The summed E-state index contributed by atoms with van der Waals surface area (Å²) in [5, 5.41) is 0. The number of ether oxygens (including phenoxy) is 3. The largest absolute Gasteiger partial charge is 0.493 e. The van der Waals surface area contributed by atoms with Gasteiger partial charge in [0.25, 0.3) is 0 Å². The molecule has 0 unspecified atom stereocenters. The molecular formula is C24H24O4. The van der Waals surface area contributed by atoms with E-state index in [-0.39, 0.29) is 12.6 Å². The summed E-state index contributed by atoms with van der Waals surface area (Å²) in [4.78, 5) is 11.3. The van der Waals surface area contributed by atoms with Crippen LogP contribution >= 0.6 is 0 Å². The zero-order valence-electron chi connectivity index (χ0n) is 16.0. The number of hydrogen-bond acceptors (Lipinski definition) is 4. The highest BCUT2D eigenvalue weighted by molar-refractivity contribution is 5.71. The molecule has 3 rings (SSSR count). The number of hydrogen-bond donors (Lipinski definition) is 0. The first-order valence-corrected chi connectivity index (χ1v) is 9.40. The Kier molecular flexibility index (Phi) is 7.08. The van der Waals surface area contributed by atoms with Crippen LogP contribution in [0.3, 0.4) is 0 Å². The molecule has 0 N–H and O–H groups in total. The highest BCUT2D eigenvalue weighted by Crippen LogP contribution is 2.20. The number of esters is 1. The predicted octanol–water partition coefficient (Wildman–Crippen LogP) is 4.92. The first-order valence-electron chi connectivity index (χ1n) is 9.40. The summed E-state index contributed by atoms with van der Waals surface area (Å²) in [7, 11) is 0. The maximum Gasteiger partial charge on any atom is 0.344 e. The first kappa shape index (κ1) is 19.5. The topological polar surface area (TPSA) is 44.8 Å². The molecule has 0 atom stereocenters. The molecule has 0 aliphatic carbocycles. The van der Waals surface area contributed by atoms with Gasteiger partial charge in [-0.25, -0.2) is 4.79 Å². The summed E-state index contributed by atoms with van der Waals surface area (Å²) in [5.74, 6) is 1.00. The molecular weight excluding hydrogens is 352 g/mol. The van der Waals surface area contributed by atoms with Crippen LogP contribution in [-0.2, 0) is 16.0 Å². The Morgan fingerprint density at radius 2 is 1.36 bits per heavy atom. The second-order valence-electron chi connectivity index (χ2n) is 6.23. The van der Waals surface area contributed by atoms with Crippen molar-refractivity contribution in [2.24, 2.45) is 0 Å². The highest BCUT2D eigenvalue weighted by atomic mass is 16.6.